The molecule has 0 N–H and O–H groups in total. The zero-order chi connectivity index (χ0) is 14.6. The van der Waals surface area contributed by atoms with Gasteiger partial charge in [0, 0.05) is 6.42 Å². The molecule has 1 aromatic carbocycles. The summed E-state index contributed by atoms with van der Waals surface area (Å²) in [4.78, 5) is 0. The predicted molar refractivity (Wildman–Crippen MR) is 80.1 cm³/mol. The number of ether oxygens (including phenoxy) is 1. The smallest absolute Gasteiger partial charge is 0.399 e. The van der Waals surface area contributed by atoms with Gasteiger partial charge in [-0.3, -0.25) is 0 Å². The van der Waals surface area contributed by atoms with Gasteiger partial charge in [-0.05, 0) is 45.6 Å². The van der Waals surface area contributed by atoms with Crippen molar-refractivity contribution in [2.24, 2.45) is 0 Å². The number of rotatable bonds is 2. The summed E-state index contributed by atoms with van der Waals surface area (Å²) in [6, 6.07) is 8.39. The van der Waals surface area contributed by atoms with Gasteiger partial charge in [-0.15, -0.1) is 0 Å². The minimum absolute atomic E-state index is 0.139. The van der Waals surface area contributed by atoms with Gasteiger partial charge in [0.25, 0.3) is 0 Å². The van der Waals surface area contributed by atoms with Crippen molar-refractivity contribution >= 4 is 12.6 Å². The Labute approximate surface area is 121 Å². The van der Waals surface area contributed by atoms with Crippen LogP contribution in [0.25, 0.3) is 0 Å². The van der Waals surface area contributed by atoms with Gasteiger partial charge in [0.05, 0.1) is 23.4 Å². The summed E-state index contributed by atoms with van der Waals surface area (Å²) in [5.74, 6) is 0. The standard InChI is InChI=1S/C16H23BO3/c1-14(2)15(3,4)20-17(19-14)13-8-6-7-12(11-13)16(5)9-10-18-16/h6-8,11H,9-10H2,1-5H3. The number of benzene rings is 1. The van der Waals surface area contributed by atoms with Crippen LogP contribution in [-0.4, -0.2) is 24.9 Å². The van der Waals surface area contributed by atoms with Gasteiger partial charge in [-0.25, -0.2) is 0 Å². The monoisotopic (exact) mass is 274 g/mol. The first kappa shape index (κ1) is 14.1. The predicted octanol–water partition coefficient (Wildman–Crippen LogP) is 2.62. The third-order valence-electron chi connectivity index (χ3n) is 5.02. The Morgan fingerprint density at radius 1 is 1.00 bits per heavy atom. The third kappa shape index (κ3) is 2.10. The fourth-order valence-corrected chi connectivity index (χ4v) is 2.63. The van der Waals surface area contributed by atoms with Crippen molar-refractivity contribution in [3.05, 3.63) is 29.8 Å². The highest BCUT2D eigenvalue weighted by Gasteiger charge is 2.51. The van der Waals surface area contributed by atoms with E-state index in [4.69, 9.17) is 14.0 Å². The van der Waals surface area contributed by atoms with E-state index in [0.29, 0.717) is 0 Å². The van der Waals surface area contributed by atoms with Gasteiger partial charge in [0.1, 0.15) is 0 Å². The van der Waals surface area contributed by atoms with Crippen LogP contribution >= 0.6 is 0 Å². The second kappa shape index (κ2) is 4.33. The van der Waals surface area contributed by atoms with Crippen molar-refractivity contribution in [1.29, 1.82) is 0 Å². The molecule has 0 aromatic heterocycles. The molecule has 2 aliphatic heterocycles. The van der Waals surface area contributed by atoms with E-state index in [1.165, 1.54) is 5.56 Å². The van der Waals surface area contributed by atoms with Crippen LogP contribution < -0.4 is 5.46 Å². The van der Waals surface area contributed by atoms with Crippen molar-refractivity contribution in [2.75, 3.05) is 6.61 Å². The summed E-state index contributed by atoms with van der Waals surface area (Å²) in [6.45, 7) is 11.3. The molecule has 2 aliphatic rings. The number of hydrogen-bond donors (Lipinski definition) is 0. The quantitative estimate of drug-likeness (QED) is 0.776. The van der Waals surface area contributed by atoms with Gasteiger partial charge in [0.2, 0.25) is 0 Å². The highest BCUT2D eigenvalue weighted by atomic mass is 16.7. The van der Waals surface area contributed by atoms with Gasteiger partial charge in [-0.2, -0.15) is 0 Å². The van der Waals surface area contributed by atoms with Crippen molar-refractivity contribution in [3.63, 3.8) is 0 Å². The average Bonchev–Trinajstić information content (AvgIpc) is 2.56. The molecule has 1 unspecified atom stereocenters. The summed E-state index contributed by atoms with van der Waals surface area (Å²) in [5.41, 5.74) is 1.53. The van der Waals surface area contributed by atoms with Crippen LogP contribution in [0.5, 0.6) is 0 Å². The first-order valence-electron chi connectivity index (χ1n) is 7.34. The molecule has 3 nitrogen and oxygen atoms in total. The molecule has 1 atom stereocenters. The molecule has 4 heteroatoms. The molecule has 0 amide bonds. The molecule has 0 aliphatic carbocycles. The first-order valence-corrected chi connectivity index (χ1v) is 7.34. The van der Waals surface area contributed by atoms with Crippen LogP contribution in [0.1, 0.15) is 46.6 Å². The van der Waals surface area contributed by atoms with E-state index in [2.05, 4.69) is 58.9 Å². The van der Waals surface area contributed by atoms with E-state index in [0.717, 1.165) is 18.5 Å². The maximum absolute atomic E-state index is 6.11. The van der Waals surface area contributed by atoms with E-state index in [9.17, 15) is 0 Å². The average molecular weight is 274 g/mol. The molecule has 0 radical (unpaired) electrons. The molecular weight excluding hydrogens is 251 g/mol. The van der Waals surface area contributed by atoms with Gasteiger partial charge >= 0.3 is 7.12 Å². The Bertz CT molecular complexity index is 504. The normalized spacial score (nSPS) is 31.1. The highest BCUT2D eigenvalue weighted by Crippen LogP contribution is 2.38. The molecular formula is C16H23BO3. The molecule has 2 heterocycles. The SMILES string of the molecule is CC1(c2cccc(B3OC(C)(C)C(C)(C)O3)c2)CCO1. The zero-order valence-corrected chi connectivity index (χ0v) is 13.0. The Morgan fingerprint density at radius 2 is 1.60 bits per heavy atom. The van der Waals surface area contributed by atoms with Gasteiger partial charge in [0.15, 0.2) is 0 Å². The van der Waals surface area contributed by atoms with Crippen molar-refractivity contribution in [1.82, 2.24) is 0 Å². The zero-order valence-electron chi connectivity index (χ0n) is 13.0. The molecule has 2 saturated heterocycles. The Hall–Kier alpha value is -0.835. The first-order chi connectivity index (χ1) is 9.24. The molecule has 3 rings (SSSR count). The van der Waals surface area contributed by atoms with Crippen LogP contribution in [0, 0.1) is 0 Å². The lowest BCUT2D eigenvalue weighted by Gasteiger charge is -2.39. The summed E-state index contributed by atoms with van der Waals surface area (Å²) in [5, 5.41) is 0. The van der Waals surface area contributed by atoms with E-state index in [1.807, 2.05) is 0 Å². The van der Waals surface area contributed by atoms with Crippen molar-refractivity contribution < 1.29 is 14.0 Å². The van der Waals surface area contributed by atoms with E-state index >= 15 is 0 Å². The summed E-state index contributed by atoms with van der Waals surface area (Å²) < 4.78 is 17.9. The molecule has 0 spiro atoms. The minimum atomic E-state index is -0.302. The second-order valence-electron chi connectivity index (χ2n) is 7.04. The highest BCUT2D eigenvalue weighted by molar-refractivity contribution is 6.62. The topological polar surface area (TPSA) is 27.7 Å². The Kier molecular flexibility index (Phi) is 3.05. The lowest BCUT2D eigenvalue weighted by molar-refractivity contribution is -0.140. The molecule has 2 fully saturated rings. The van der Waals surface area contributed by atoms with Gasteiger partial charge < -0.3 is 14.0 Å². The van der Waals surface area contributed by atoms with Crippen LogP contribution in [0.15, 0.2) is 24.3 Å². The second-order valence-corrected chi connectivity index (χ2v) is 7.04. The van der Waals surface area contributed by atoms with Crippen LogP contribution in [0.4, 0.5) is 0 Å². The summed E-state index contributed by atoms with van der Waals surface area (Å²) in [7, 11) is -0.302. The fourth-order valence-electron chi connectivity index (χ4n) is 2.63. The maximum atomic E-state index is 6.11. The molecule has 0 saturated carbocycles. The lowest BCUT2D eigenvalue weighted by Crippen LogP contribution is -2.41. The molecule has 0 bridgehead atoms. The Morgan fingerprint density at radius 3 is 2.10 bits per heavy atom. The van der Waals surface area contributed by atoms with E-state index in [-0.39, 0.29) is 23.9 Å². The Balaban J connectivity index is 1.87. The van der Waals surface area contributed by atoms with Crippen LogP contribution in [0.3, 0.4) is 0 Å². The van der Waals surface area contributed by atoms with E-state index < -0.39 is 0 Å². The molecule has 20 heavy (non-hydrogen) atoms. The maximum Gasteiger partial charge on any atom is 0.494 e. The van der Waals surface area contributed by atoms with Crippen molar-refractivity contribution in [3.8, 4) is 0 Å². The third-order valence-corrected chi connectivity index (χ3v) is 5.02. The summed E-state index contributed by atoms with van der Waals surface area (Å²) in [6.07, 6.45) is 1.07. The summed E-state index contributed by atoms with van der Waals surface area (Å²) >= 11 is 0. The minimum Gasteiger partial charge on any atom is -0.399 e. The fraction of sp³-hybridized carbons (Fsp3) is 0.625. The number of hydrogen-bond acceptors (Lipinski definition) is 3. The lowest BCUT2D eigenvalue weighted by atomic mass is 9.76. The van der Waals surface area contributed by atoms with Crippen LogP contribution in [0.2, 0.25) is 0 Å². The van der Waals surface area contributed by atoms with Crippen molar-refractivity contribution in [2.45, 2.75) is 57.8 Å². The van der Waals surface area contributed by atoms with E-state index in [1.54, 1.807) is 0 Å². The largest absolute Gasteiger partial charge is 0.494 e. The van der Waals surface area contributed by atoms with Crippen LogP contribution in [-0.2, 0) is 19.6 Å². The molecule has 108 valence electrons. The van der Waals surface area contributed by atoms with Gasteiger partial charge in [-0.1, -0.05) is 24.3 Å². The molecule has 1 aromatic rings.